The molecule has 1 unspecified atom stereocenters. The molecular weight excluding hydrogens is 368 g/mol. The summed E-state index contributed by atoms with van der Waals surface area (Å²) in [6, 6.07) is 0. The highest BCUT2D eigenvalue weighted by Crippen LogP contribution is 2.53. The molecule has 0 saturated carbocycles. The van der Waals surface area contributed by atoms with Crippen molar-refractivity contribution in [1.82, 2.24) is 0 Å². The van der Waals surface area contributed by atoms with Crippen LogP contribution in [0, 0.1) is 5.92 Å². The van der Waals surface area contributed by atoms with E-state index in [9.17, 15) is 0 Å². The molecule has 0 bridgehead atoms. The van der Waals surface area contributed by atoms with Crippen LogP contribution in [0.4, 0.5) is 0 Å². The van der Waals surface area contributed by atoms with E-state index < -0.39 is 10.9 Å². The summed E-state index contributed by atoms with van der Waals surface area (Å²) in [5.74, 6) is 1.49. The van der Waals surface area contributed by atoms with E-state index in [1.54, 1.807) is 0 Å². The van der Waals surface area contributed by atoms with Gasteiger partial charge in [-0.1, -0.05) is 97.3 Å². The van der Waals surface area contributed by atoms with Crippen LogP contribution in [-0.4, -0.2) is 25.6 Å². The van der Waals surface area contributed by atoms with Crippen molar-refractivity contribution in [3.8, 4) is 0 Å². The third-order valence-electron chi connectivity index (χ3n) is 5.18. The molecule has 0 saturated heterocycles. The molecule has 0 aromatic heterocycles. The lowest BCUT2D eigenvalue weighted by atomic mass is 10.0. The Bertz CT molecular complexity index is 295. The summed E-state index contributed by atoms with van der Waals surface area (Å²) in [7, 11) is -1.81. The van der Waals surface area contributed by atoms with E-state index in [-0.39, 0.29) is 0 Å². The van der Waals surface area contributed by atoms with E-state index in [4.69, 9.17) is 12.5 Å². The lowest BCUT2D eigenvalue weighted by Gasteiger charge is -2.38. The zero-order valence-electron chi connectivity index (χ0n) is 19.9. The normalized spacial score (nSPS) is 13.8. The molecule has 0 N–H and O–H groups in total. The smallest absolute Gasteiger partial charge is 0.0889 e. The van der Waals surface area contributed by atoms with Gasteiger partial charge in [-0.05, 0) is 33.1 Å². The van der Waals surface area contributed by atoms with E-state index in [1.807, 2.05) is 20.8 Å². The Kier molecular flexibility index (Phi) is 20.7. The summed E-state index contributed by atoms with van der Waals surface area (Å²) >= 11 is 0. The van der Waals surface area contributed by atoms with E-state index in [0.717, 1.165) is 5.75 Å². The zero-order valence-corrected chi connectivity index (χ0v) is 20.8. The Morgan fingerprint density at radius 3 is 1.25 bits per heavy atom. The standard InChI is InChI=1S/C24H52O3S/c1-6-10-11-12-13-14-15-16-17-18-19-20-21-22-24(5)23-28(25-7-2,26-8-3)27-9-4/h24H,6-23H2,1-5H3. The minimum Gasteiger partial charge on any atom is -0.293 e. The van der Waals surface area contributed by atoms with Crippen molar-refractivity contribution in [2.75, 3.05) is 25.6 Å². The van der Waals surface area contributed by atoms with E-state index >= 15 is 0 Å². The van der Waals surface area contributed by atoms with E-state index in [0.29, 0.717) is 25.7 Å². The Labute approximate surface area is 179 Å². The summed E-state index contributed by atoms with van der Waals surface area (Å²) < 4.78 is 17.8. The lowest BCUT2D eigenvalue weighted by molar-refractivity contribution is 0.182. The van der Waals surface area contributed by atoms with Gasteiger partial charge in [0.05, 0.1) is 30.7 Å². The molecule has 0 aliphatic heterocycles. The quantitative estimate of drug-likeness (QED) is 0.164. The second-order valence-corrected chi connectivity index (χ2v) is 10.2. The SMILES string of the molecule is CCCCCCCCCCCCCCCC(C)CS(OCC)(OCC)OCC. The average Bonchev–Trinajstić information content (AvgIpc) is 2.66. The fourth-order valence-electron chi connectivity index (χ4n) is 3.73. The number of rotatable bonds is 22. The summed E-state index contributed by atoms with van der Waals surface area (Å²) in [6.45, 7) is 12.6. The summed E-state index contributed by atoms with van der Waals surface area (Å²) in [4.78, 5) is 0. The topological polar surface area (TPSA) is 27.7 Å². The van der Waals surface area contributed by atoms with Gasteiger partial charge < -0.3 is 0 Å². The van der Waals surface area contributed by atoms with Gasteiger partial charge in [0.1, 0.15) is 0 Å². The maximum absolute atomic E-state index is 5.94. The average molecular weight is 421 g/mol. The van der Waals surface area contributed by atoms with Crippen LogP contribution < -0.4 is 0 Å². The van der Waals surface area contributed by atoms with Crippen molar-refractivity contribution in [2.45, 2.75) is 125 Å². The highest BCUT2D eigenvalue weighted by atomic mass is 32.3. The molecule has 0 rings (SSSR count). The molecule has 0 radical (unpaired) electrons. The van der Waals surface area contributed by atoms with Crippen LogP contribution in [0.15, 0.2) is 0 Å². The summed E-state index contributed by atoms with van der Waals surface area (Å²) in [5, 5.41) is 0. The Balaban J connectivity index is 3.68. The molecule has 0 heterocycles. The Morgan fingerprint density at radius 1 is 0.536 bits per heavy atom. The molecule has 4 heteroatoms. The minimum absolute atomic E-state index is 0.590. The van der Waals surface area contributed by atoms with E-state index in [1.165, 1.54) is 89.9 Å². The van der Waals surface area contributed by atoms with Gasteiger partial charge in [0.2, 0.25) is 0 Å². The van der Waals surface area contributed by atoms with Gasteiger partial charge in [-0.3, -0.25) is 12.5 Å². The molecule has 0 aliphatic carbocycles. The van der Waals surface area contributed by atoms with Crippen LogP contribution in [0.5, 0.6) is 0 Å². The van der Waals surface area contributed by atoms with Crippen LogP contribution in [0.1, 0.15) is 125 Å². The van der Waals surface area contributed by atoms with Crippen molar-refractivity contribution in [2.24, 2.45) is 5.92 Å². The predicted molar refractivity (Wildman–Crippen MR) is 127 cm³/mol. The molecule has 0 amide bonds. The second-order valence-electron chi connectivity index (χ2n) is 8.08. The van der Waals surface area contributed by atoms with Crippen molar-refractivity contribution in [1.29, 1.82) is 0 Å². The first-order valence-electron chi connectivity index (χ1n) is 12.4. The maximum atomic E-state index is 5.94. The van der Waals surface area contributed by atoms with Crippen LogP contribution in [0.25, 0.3) is 0 Å². The molecular formula is C24H52O3S. The van der Waals surface area contributed by atoms with Gasteiger partial charge >= 0.3 is 0 Å². The third-order valence-corrected chi connectivity index (χ3v) is 7.94. The first-order chi connectivity index (χ1) is 13.6. The molecule has 28 heavy (non-hydrogen) atoms. The number of hydrogen-bond donors (Lipinski definition) is 0. The highest BCUT2D eigenvalue weighted by Gasteiger charge is 2.28. The Morgan fingerprint density at radius 2 is 0.893 bits per heavy atom. The van der Waals surface area contributed by atoms with Crippen molar-refractivity contribution >= 4 is 10.9 Å². The fraction of sp³-hybridized carbons (Fsp3) is 1.00. The molecule has 0 fully saturated rings. The minimum atomic E-state index is -1.81. The van der Waals surface area contributed by atoms with E-state index in [2.05, 4.69) is 13.8 Å². The van der Waals surface area contributed by atoms with Crippen LogP contribution in [-0.2, 0) is 12.5 Å². The number of hydrogen-bond acceptors (Lipinski definition) is 3. The van der Waals surface area contributed by atoms with Gasteiger partial charge in [-0.25, -0.2) is 0 Å². The molecule has 1 atom stereocenters. The molecule has 172 valence electrons. The van der Waals surface area contributed by atoms with Crippen molar-refractivity contribution < 1.29 is 12.5 Å². The van der Waals surface area contributed by atoms with Gasteiger partial charge in [-0.2, -0.15) is 0 Å². The predicted octanol–water partition coefficient (Wildman–Crippen LogP) is 8.76. The highest BCUT2D eigenvalue weighted by molar-refractivity contribution is 8.21. The lowest BCUT2D eigenvalue weighted by Crippen LogP contribution is -2.20. The first kappa shape index (κ1) is 28.2. The molecule has 3 nitrogen and oxygen atoms in total. The van der Waals surface area contributed by atoms with Gasteiger partial charge in [0.25, 0.3) is 0 Å². The summed E-state index contributed by atoms with van der Waals surface area (Å²) in [5.41, 5.74) is 0. The zero-order chi connectivity index (χ0) is 20.9. The molecule has 0 aromatic carbocycles. The van der Waals surface area contributed by atoms with Crippen molar-refractivity contribution in [3.63, 3.8) is 0 Å². The largest absolute Gasteiger partial charge is 0.293 e. The van der Waals surface area contributed by atoms with Gasteiger partial charge in [0.15, 0.2) is 0 Å². The molecule has 0 aliphatic rings. The van der Waals surface area contributed by atoms with Crippen LogP contribution in [0.3, 0.4) is 0 Å². The fourth-order valence-corrected chi connectivity index (χ4v) is 6.16. The molecule has 0 spiro atoms. The van der Waals surface area contributed by atoms with Crippen molar-refractivity contribution in [3.05, 3.63) is 0 Å². The second kappa shape index (κ2) is 20.5. The first-order valence-corrected chi connectivity index (χ1v) is 14.0. The number of unbranched alkanes of at least 4 members (excludes halogenated alkanes) is 12. The summed E-state index contributed by atoms with van der Waals surface area (Å²) in [6.07, 6.45) is 19.6. The Hall–Kier alpha value is 0.230. The van der Waals surface area contributed by atoms with Gasteiger partial charge in [0, 0.05) is 5.75 Å². The van der Waals surface area contributed by atoms with Gasteiger partial charge in [-0.15, -0.1) is 0 Å². The maximum Gasteiger partial charge on any atom is 0.0889 e. The third kappa shape index (κ3) is 16.1. The molecule has 0 aromatic rings. The van der Waals surface area contributed by atoms with Crippen LogP contribution >= 0.6 is 10.9 Å². The monoisotopic (exact) mass is 420 g/mol. The van der Waals surface area contributed by atoms with Crippen LogP contribution in [0.2, 0.25) is 0 Å².